The molecule has 0 bridgehead atoms. The van der Waals surface area contributed by atoms with Gasteiger partial charge in [-0.15, -0.1) is 0 Å². The molecule has 0 spiro atoms. The molecule has 0 aliphatic heterocycles. The van der Waals surface area contributed by atoms with Gasteiger partial charge in [0.2, 0.25) is 0 Å². The summed E-state index contributed by atoms with van der Waals surface area (Å²) in [5.74, 6) is 0.781. The molecule has 2 nitrogen and oxygen atoms in total. The van der Waals surface area contributed by atoms with E-state index in [1.807, 2.05) is 0 Å². The largest absolute Gasteiger partial charge is 0.377 e. The predicted molar refractivity (Wildman–Crippen MR) is 88.0 cm³/mol. The first-order chi connectivity index (χ1) is 9.70. The molecule has 20 heavy (non-hydrogen) atoms. The van der Waals surface area contributed by atoms with E-state index in [0.717, 1.165) is 18.9 Å². The number of hydrogen-bond donors (Lipinski definition) is 1. The second kappa shape index (κ2) is 11.6. The number of hydrogen-bond acceptors (Lipinski definition) is 2. The van der Waals surface area contributed by atoms with E-state index in [1.54, 1.807) is 0 Å². The molecule has 0 radical (unpaired) electrons. The van der Waals surface area contributed by atoms with E-state index in [4.69, 9.17) is 10.5 Å². The van der Waals surface area contributed by atoms with Crippen LogP contribution in [0.5, 0.6) is 0 Å². The minimum atomic E-state index is 0.258. The van der Waals surface area contributed by atoms with Crippen molar-refractivity contribution >= 4 is 0 Å². The third kappa shape index (κ3) is 8.97. The molecule has 1 saturated carbocycles. The van der Waals surface area contributed by atoms with Crippen LogP contribution in [0.2, 0.25) is 0 Å². The number of ether oxygens (including phenoxy) is 1. The summed E-state index contributed by atoms with van der Waals surface area (Å²) in [6.45, 7) is 5.46. The molecule has 2 heteroatoms. The summed E-state index contributed by atoms with van der Waals surface area (Å²) in [7, 11) is 0. The van der Waals surface area contributed by atoms with Gasteiger partial charge >= 0.3 is 0 Å². The highest BCUT2D eigenvalue weighted by Gasteiger charge is 2.18. The lowest BCUT2D eigenvalue weighted by Gasteiger charge is -2.25. The van der Waals surface area contributed by atoms with Gasteiger partial charge in [-0.25, -0.2) is 0 Å². The molecule has 120 valence electrons. The third-order valence-electron chi connectivity index (χ3n) is 4.51. The van der Waals surface area contributed by atoms with Crippen molar-refractivity contribution in [3.63, 3.8) is 0 Å². The van der Waals surface area contributed by atoms with Crippen LogP contribution in [-0.4, -0.2) is 18.8 Å². The van der Waals surface area contributed by atoms with E-state index < -0.39 is 0 Å². The molecule has 2 N–H and O–H groups in total. The van der Waals surface area contributed by atoms with Crippen molar-refractivity contribution in [2.45, 2.75) is 103 Å². The zero-order chi connectivity index (χ0) is 14.6. The summed E-state index contributed by atoms with van der Waals surface area (Å²) in [4.78, 5) is 0. The number of nitrogens with two attached hydrogens (primary N) is 1. The van der Waals surface area contributed by atoms with Crippen LogP contribution < -0.4 is 5.73 Å². The van der Waals surface area contributed by atoms with Crippen molar-refractivity contribution in [3.8, 4) is 0 Å². The van der Waals surface area contributed by atoms with Gasteiger partial charge in [-0.2, -0.15) is 0 Å². The van der Waals surface area contributed by atoms with Crippen LogP contribution in [0.3, 0.4) is 0 Å². The number of rotatable bonds is 5. The van der Waals surface area contributed by atoms with Gasteiger partial charge in [0.25, 0.3) is 0 Å². The molecule has 0 amide bonds. The Bertz CT molecular complexity index is 217. The fraction of sp³-hybridized carbons (Fsp3) is 1.00. The van der Waals surface area contributed by atoms with Crippen LogP contribution in [-0.2, 0) is 4.74 Å². The van der Waals surface area contributed by atoms with Crippen LogP contribution >= 0.6 is 0 Å². The third-order valence-corrected chi connectivity index (χ3v) is 4.51. The first kappa shape index (κ1) is 18.0. The minimum Gasteiger partial charge on any atom is -0.377 e. The van der Waals surface area contributed by atoms with Crippen LogP contribution in [0.4, 0.5) is 0 Å². The summed E-state index contributed by atoms with van der Waals surface area (Å²) in [6.07, 6.45) is 16.0. The van der Waals surface area contributed by atoms with Gasteiger partial charge in [0.15, 0.2) is 0 Å². The Balaban J connectivity index is 2.28. The SMILES string of the molecule is CC(C)CCCOC1CCCCCCCCCCC1N. The molecule has 1 rings (SSSR count). The van der Waals surface area contributed by atoms with Crippen LogP contribution in [0.15, 0.2) is 0 Å². The van der Waals surface area contributed by atoms with E-state index in [1.165, 1.54) is 70.6 Å². The van der Waals surface area contributed by atoms with Crippen LogP contribution in [0.1, 0.15) is 90.9 Å². The monoisotopic (exact) mass is 283 g/mol. The Morgan fingerprint density at radius 1 is 0.900 bits per heavy atom. The maximum Gasteiger partial charge on any atom is 0.0725 e. The zero-order valence-electron chi connectivity index (χ0n) is 13.9. The Morgan fingerprint density at radius 3 is 2.05 bits per heavy atom. The molecule has 1 fully saturated rings. The quantitative estimate of drug-likeness (QED) is 0.717. The van der Waals surface area contributed by atoms with Crippen molar-refractivity contribution < 1.29 is 4.74 Å². The van der Waals surface area contributed by atoms with Gasteiger partial charge in [-0.05, 0) is 31.6 Å². The summed E-state index contributed by atoms with van der Waals surface area (Å²) in [6, 6.07) is 0.258. The summed E-state index contributed by atoms with van der Waals surface area (Å²) in [5, 5.41) is 0. The highest BCUT2D eigenvalue weighted by atomic mass is 16.5. The average molecular weight is 283 g/mol. The van der Waals surface area contributed by atoms with E-state index in [0.29, 0.717) is 6.10 Å². The van der Waals surface area contributed by atoms with Gasteiger partial charge < -0.3 is 10.5 Å². The maximum absolute atomic E-state index is 6.38. The average Bonchev–Trinajstić information content (AvgIpc) is 2.40. The summed E-state index contributed by atoms with van der Waals surface area (Å²) >= 11 is 0. The lowest BCUT2D eigenvalue weighted by molar-refractivity contribution is 0.0225. The molecule has 1 aliphatic carbocycles. The van der Waals surface area contributed by atoms with Gasteiger partial charge in [-0.1, -0.05) is 65.2 Å². The smallest absolute Gasteiger partial charge is 0.0725 e. The molecule has 0 aromatic carbocycles. The molecule has 2 atom stereocenters. The van der Waals surface area contributed by atoms with Crippen molar-refractivity contribution in [1.82, 2.24) is 0 Å². The van der Waals surface area contributed by atoms with Crippen molar-refractivity contribution in [2.75, 3.05) is 6.61 Å². The first-order valence-corrected chi connectivity index (χ1v) is 9.07. The maximum atomic E-state index is 6.38. The van der Waals surface area contributed by atoms with Gasteiger partial charge in [0, 0.05) is 12.6 Å². The van der Waals surface area contributed by atoms with Crippen molar-refractivity contribution in [3.05, 3.63) is 0 Å². The second-order valence-corrected chi connectivity index (χ2v) is 7.01. The fourth-order valence-corrected chi connectivity index (χ4v) is 3.12. The van der Waals surface area contributed by atoms with Gasteiger partial charge in [-0.3, -0.25) is 0 Å². The topological polar surface area (TPSA) is 35.2 Å². The molecule has 0 aromatic heterocycles. The van der Waals surface area contributed by atoms with Crippen LogP contribution in [0, 0.1) is 5.92 Å². The Kier molecular flexibility index (Phi) is 10.4. The zero-order valence-corrected chi connectivity index (χ0v) is 13.9. The Hall–Kier alpha value is -0.0800. The molecule has 2 unspecified atom stereocenters. The normalized spacial score (nSPS) is 27.0. The van der Waals surface area contributed by atoms with Crippen LogP contribution in [0.25, 0.3) is 0 Å². The Morgan fingerprint density at radius 2 is 1.45 bits per heavy atom. The highest BCUT2D eigenvalue weighted by molar-refractivity contribution is 4.74. The van der Waals surface area contributed by atoms with Gasteiger partial charge in [0.05, 0.1) is 6.10 Å². The lowest BCUT2D eigenvalue weighted by atomic mass is 9.96. The van der Waals surface area contributed by atoms with Gasteiger partial charge in [0.1, 0.15) is 0 Å². The standard InChI is InChI=1S/C18H37NO/c1-16(2)12-11-15-20-18-14-10-8-6-4-3-5-7-9-13-17(18)19/h16-18H,3-15,19H2,1-2H3. The fourth-order valence-electron chi connectivity index (χ4n) is 3.12. The first-order valence-electron chi connectivity index (χ1n) is 9.07. The molecule has 0 aromatic rings. The van der Waals surface area contributed by atoms with E-state index in [9.17, 15) is 0 Å². The second-order valence-electron chi connectivity index (χ2n) is 7.01. The van der Waals surface area contributed by atoms with E-state index >= 15 is 0 Å². The molecular formula is C18H37NO. The Labute approximate surface area is 126 Å². The highest BCUT2D eigenvalue weighted by Crippen LogP contribution is 2.19. The molecule has 0 saturated heterocycles. The molecule has 0 heterocycles. The lowest BCUT2D eigenvalue weighted by Crippen LogP contribution is -2.37. The minimum absolute atomic E-state index is 0.258. The van der Waals surface area contributed by atoms with E-state index in [2.05, 4.69) is 13.8 Å². The summed E-state index contributed by atoms with van der Waals surface area (Å²) in [5.41, 5.74) is 6.38. The van der Waals surface area contributed by atoms with Crippen molar-refractivity contribution in [2.24, 2.45) is 11.7 Å². The predicted octanol–water partition coefficient (Wildman–Crippen LogP) is 5.05. The summed E-state index contributed by atoms with van der Waals surface area (Å²) < 4.78 is 6.12. The van der Waals surface area contributed by atoms with E-state index in [-0.39, 0.29) is 6.04 Å². The molecule has 1 aliphatic rings. The van der Waals surface area contributed by atoms with Crippen molar-refractivity contribution in [1.29, 1.82) is 0 Å². The molecular weight excluding hydrogens is 246 g/mol.